The van der Waals surface area contributed by atoms with Gasteiger partial charge in [0, 0.05) is 31.3 Å². The van der Waals surface area contributed by atoms with Crippen LogP contribution in [-0.2, 0) is 11.3 Å². The molecule has 1 saturated heterocycles. The van der Waals surface area contributed by atoms with E-state index >= 15 is 0 Å². The van der Waals surface area contributed by atoms with Gasteiger partial charge < -0.3 is 9.52 Å². The van der Waals surface area contributed by atoms with Crippen LogP contribution in [0.2, 0.25) is 0 Å². The number of carbonyl (C=O) groups is 1. The van der Waals surface area contributed by atoms with Crippen molar-refractivity contribution in [1.82, 2.24) is 15.1 Å². The molecular formula is C26H29N3O3. The molecule has 0 bridgehead atoms. The zero-order valence-corrected chi connectivity index (χ0v) is 18.4. The number of carboxylic acid groups (broad SMARTS) is 1. The standard InChI is InChI=1S/C26H29N3O3/c1-2-3-5-10-22(20-8-6-4-7-9-20)15-24-27-28-25(32-24)21-13-11-19(12-14-21)16-29-17-23(18-29)26(30)31/h4,6-9,11-15,23H,2-3,5,10,16-18H2,1H3,(H,30,31). The molecule has 0 spiro atoms. The molecule has 1 aliphatic heterocycles. The van der Waals surface area contributed by atoms with Crippen LogP contribution in [0.3, 0.4) is 0 Å². The molecule has 2 heterocycles. The average Bonchev–Trinajstić information content (AvgIpc) is 3.25. The summed E-state index contributed by atoms with van der Waals surface area (Å²) in [6.07, 6.45) is 6.48. The van der Waals surface area contributed by atoms with Crippen LogP contribution in [0.5, 0.6) is 0 Å². The van der Waals surface area contributed by atoms with E-state index in [1.807, 2.05) is 48.5 Å². The highest BCUT2D eigenvalue weighted by Crippen LogP contribution is 2.26. The van der Waals surface area contributed by atoms with Crippen molar-refractivity contribution in [2.75, 3.05) is 13.1 Å². The van der Waals surface area contributed by atoms with Gasteiger partial charge in [-0.05, 0) is 41.7 Å². The van der Waals surface area contributed by atoms with Crippen molar-refractivity contribution >= 4 is 17.6 Å². The Labute approximate surface area is 188 Å². The van der Waals surface area contributed by atoms with Gasteiger partial charge in [0.05, 0.1) is 5.92 Å². The lowest BCUT2D eigenvalue weighted by atomic mass is 9.99. The van der Waals surface area contributed by atoms with Crippen molar-refractivity contribution in [3.05, 3.63) is 71.6 Å². The number of allylic oxidation sites excluding steroid dienone is 1. The predicted octanol–water partition coefficient (Wildman–Crippen LogP) is 5.37. The van der Waals surface area contributed by atoms with Crippen LogP contribution in [-0.4, -0.2) is 39.3 Å². The predicted molar refractivity (Wildman–Crippen MR) is 125 cm³/mol. The Bertz CT molecular complexity index is 1050. The highest BCUT2D eigenvalue weighted by Gasteiger charge is 2.32. The van der Waals surface area contributed by atoms with E-state index in [2.05, 4.69) is 34.2 Å². The van der Waals surface area contributed by atoms with E-state index in [0.29, 0.717) is 24.9 Å². The van der Waals surface area contributed by atoms with E-state index in [1.54, 1.807) is 0 Å². The quantitative estimate of drug-likeness (QED) is 0.435. The smallest absolute Gasteiger partial charge is 0.309 e. The van der Waals surface area contributed by atoms with Crippen LogP contribution in [0, 0.1) is 5.92 Å². The molecule has 0 radical (unpaired) electrons. The monoisotopic (exact) mass is 431 g/mol. The SMILES string of the molecule is CCCCCC(=Cc1nnc(-c2ccc(CN3CC(C(=O)O)C3)cc2)o1)c1ccccc1. The van der Waals surface area contributed by atoms with Crippen molar-refractivity contribution in [1.29, 1.82) is 0 Å². The van der Waals surface area contributed by atoms with Gasteiger partial charge in [-0.2, -0.15) is 0 Å². The van der Waals surface area contributed by atoms with E-state index < -0.39 is 5.97 Å². The first-order valence-corrected chi connectivity index (χ1v) is 11.3. The van der Waals surface area contributed by atoms with Gasteiger partial charge in [-0.1, -0.05) is 62.2 Å². The molecule has 0 aliphatic carbocycles. The number of nitrogens with zero attached hydrogens (tertiary/aromatic N) is 3. The third kappa shape index (κ3) is 5.51. The summed E-state index contributed by atoms with van der Waals surface area (Å²) in [5.41, 5.74) is 4.40. The second-order valence-electron chi connectivity index (χ2n) is 8.36. The van der Waals surface area contributed by atoms with Gasteiger partial charge in [0.2, 0.25) is 11.8 Å². The number of benzene rings is 2. The largest absolute Gasteiger partial charge is 0.481 e. The minimum Gasteiger partial charge on any atom is -0.481 e. The third-order valence-electron chi connectivity index (χ3n) is 5.85. The maximum absolute atomic E-state index is 10.9. The summed E-state index contributed by atoms with van der Waals surface area (Å²) in [5.74, 6) is 0.0684. The number of likely N-dealkylation sites (tertiary alicyclic amines) is 1. The summed E-state index contributed by atoms with van der Waals surface area (Å²) in [5, 5.41) is 17.5. The topological polar surface area (TPSA) is 79.5 Å². The highest BCUT2D eigenvalue weighted by molar-refractivity contribution is 5.79. The lowest BCUT2D eigenvalue weighted by Crippen LogP contribution is -2.49. The van der Waals surface area contributed by atoms with Crippen molar-refractivity contribution in [2.45, 2.75) is 39.2 Å². The molecule has 0 amide bonds. The van der Waals surface area contributed by atoms with E-state index in [9.17, 15) is 4.79 Å². The van der Waals surface area contributed by atoms with Crippen LogP contribution in [0.25, 0.3) is 23.1 Å². The number of hydrogen-bond donors (Lipinski definition) is 1. The van der Waals surface area contributed by atoms with Gasteiger partial charge in [-0.15, -0.1) is 10.2 Å². The lowest BCUT2D eigenvalue weighted by Gasteiger charge is -2.36. The third-order valence-corrected chi connectivity index (χ3v) is 5.85. The zero-order chi connectivity index (χ0) is 22.3. The number of aliphatic carboxylic acids is 1. The van der Waals surface area contributed by atoms with Crippen LogP contribution in [0.15, 0.2) is 59.0 Å². The molecule has 1 fully saturated rings. The number of hydrogen-bond acceptors (Lipinski definition) is 5. The lowest BCUT2D eigenvalue weighted by molar-refractivity contribution is -0.147. The molecule has 166 valence electrons. The number of unbranched alkanes of at least 4 members (excludes halogenated alkanes) is 2. The Balaban J connectivity index is 1.43. The average molecular weight is 432 g/mol. The molecule has 32 heavy (non-hydrogen) atoms. The summed E-state index contributed by atoms with van der Waals surface area (Å²) in [7, 11) is 0. The molecule has 2 aromatic carbocycles. The molecule has 0 saturated carbocycles. The molecule has 6 nitrogen and oxygen atoms in total. The zero-order valence-electron chi connectivity index (χ0n) is 18.4. The molecule has 4 rings (SSSR count). The molecule has 3 aromatic rings. The van der Waals surface area contributed by atoms with Gasteiger partial charge in [-0.25, -0.2) is 0 Å². The van der Waals surface area contributed by atoms with E-state index in [1.165, 1.54) is 24.0 Å². The fraction of sp³-hybridized carbons (Fsp3) is 0.346. The van der Waals surface area contributed by atoms with E-state index in [4.69, 9.17) is 9.52 Å². The normalized spacial score (nSPS) is 15.0. The Morgan fingerprint density at radius 2 is 1.84 bits per heavy atom. The summed E-state index contributed by atoms with van der Waals surface area (Å²) < 4.78 is 5.95. The molecule has 1 aliphatic rings. The Kier molecular flexibility index (Phi) is 7.12. The van der Waals surface area contributed by atoms with Crippen molar-refractivity contribution in [3.63, 3.8) is 0 Å². The summed E-state index contributed by atoms with van der Waals surface area (Å²) >= 11 is 0. The molecule has 0 atom stereocenters. The second-order valence-corrected chi connectivity index (χ2v) is 8.36. The van der Waals surface area contributed by atoms with Crippen molar-refractivity contribution in [2.24, 2.45) is 5.92 Å². The van der Waals surface area contributed by atoms with Gasteiger partial charge >= 0.3 is 5.97 Å². The van der Waals surface area contributed by atoms with Crippen LogP contribution in [0.1, 0.15) is 49.6 Å². The maximum Gasteiger partial charge on any atom is 0.309 e. The van der Waals surface area contributed by atoms with Gasteiger partial charge in [0.25, 0.3) is 0 Å². The summed E-state index contributed by atoms with van der Waals surface area (Å²) in [4.78, 5) is 13.1. The molecular weight excluding hydrogens is 402 g/mol. The minimum absolute atomic E-state index is 0.234. The van der Waals surface area contributed by atoms with E-state index in [0.717, 1.165) is 30.5 Å². The first kappa shape index (κ1) is 22.0. The number of aromatic nitrogens is 2. The summed E-state index contributed by atoms with van der Waals surface area (Å²) in [6, 6.07) is 18.4. The van der Waals surface area contributed by atoms with Crippen molar-refractivity contribution < 1.29 is 14.3 Å². The van der Waals surface area contributed by atoms with E-state index in [-0.39, 0.29) is 5.92 Å². The first-order chi connectivity index (χ1) is 15.6. The summed E-state index contributed by atoms with van der Waals surface area (Å²) in [6.45, 7) is 4.18. The minimum atomic E-state index is -0.710. The van der Waals surface area contributed by atoms with Gasteiger partial charge in [0.15, 0.2) is 0 Å². The van der Waals surface area contributed by atoms with Gasteiger partial charge in [-0.3, -0.25) is 9.69 Å². The van der Waals surface area contributed by atoms with Crippen LogP contribution < -0.4 is 0 Å². The van der Waals surface area contributed by atoms with Crippen LogP contribution >= 0.6 is 0 Å². The Hall–Kier alpha value is -3.25. The molecule has 0 unspecified atom stereocenters. The Morgan fingerprint density at radius 1 is 1.09 bits per heavy atom. The van der Waals surface area contributed by atoms with Gasteiger partial charge in [0.1, 0.15) is 0 Å². The van der Waals surface area contributed by atoms with Crippen LogP contribution in [0.4, 0.5) is 0 Å². The fourth-order valence-electron chi connectivity index (χ4n) is 3.94. The maximum atomic E-state index is 10.9. The molecule has 1 N–H and O–H groups in total. The van der Waals surface area contributed by atoms with Crippen molar-refractivity contribution in [3.8, 4) is 11.5 Å². The molecule has 1 aromatic heterocycles. The highest BCUT2D eigenvalue weighted by atomic mass is 16.4. The number of carboxylic acids is 1. The molecule has 6 heteroatoms. The Morgan fingerprint density at radius 3 is 2.53 bits per heavy atom. The fourth-order valence-corrected chi connectivity index (χ4v) is 3.94. The number of rotatable bonds is 10. The first-order valence-electron chi connectivity index (χ1n) is 11.3. The second kappa shape index (κ2) is 10.4.